The maximum Gasteiger partial charge on any atom is 0.338 e. The molecule has 0 aliphatic rings. The number of fused-ring (bicyclic) bond motifs is 3. The molecule has 0 amide bonds. The van der Waals surface area contributed by atoms with Gasteiger partial charge < -0.3 is 9.30 Å². The van der Waals surface area contributed by atoms with Crippen LogP contribution in [0.3, 0.4) is 0 Å². The minimum Gasteiger partial charge on any atom is -0.465 e. The number of carbonyl (C=O) groups excluding carboxylic acids is 1. The first kappa shape index (κ1) is 20.0. The van der Waals surface area contributed by atoms with Gasteiger partial charge in [0.15, 0.2) is 0 Å². The summed E-state index contributed by atoms with van der Waals surface area (Å²) in [7, 11) is -2.61. The molecule has 4 aromatic rings. The molecule has 1 N–H and O–H groups in total. The number of aromatic nitrogens is 1. The van der Waals surface area contributed by atoms with E-state index >= 15 is 0 Å². The molecule has 6 nitrogen and oxygen atoms in total. The normalized spacial score (nSPS) is 11.7. The van der Waals surface area contributed by atoms with Crippen LogP contribution in [-0.4, -0.2) is 26.1 Å². The number of methoxy groups -OCH3 is 1. The van der Waals surface area contributed by atoms with E-state index in [9.17, 15) is 13.2 Å². The lowest BCUT2D eigenvalue weighted by Crippen LogP contribution is -2.14. The van der Waals surface area contributed by atoms with Gasteiger partial charge in [0.2, 0.25) is 0 Å². The van der Waals surface area contributed by atoms with E-state index in [4.69, 9.17) is 4.74 Å². The second-order valence-electron chi connectivity index (χ2n) is 7.07. The summed E-state index contributed by atoms with van der Waals surface area (Å²) in [6, 6.07) is 18.0. The maximum absolute atomic E-state index is 13.0. The average Bonchev–Trinajstić information content (AvgIpc) is 3.06. The number of sulfonamides is 1. The fourth-order valence-corrected chi connectivity index (χ4v) is 4.85. The predicted molar refractivity (Wildman–Crippen MR) is 118 cm³/mol. The van der Waals surface area contributed by atoms with Gasteiger partial charge in [-0.1, -0.05) is 24.3 Å². The summed E-state index contributed by atoms with van der Waals surface area (Å²) in [6.45, 7) is 4.63. The standard InChI is InChI=1S/C23H22N2O4S/c1-4-25-21-8-6-5-7-18(21)20-13-16(10-12-22(20)25)24-30(27,28)17-11-9-15(2)19(14-17)23(26)29-3/h5-14,24H,4H2,1-3H3. The number of benzene rings is 3. The molecule has 0 fully saturated rings. The second-order valence-corrected chi connectivity index (χ2v) is 8.75. The highest BCUT2D eigenvalue weighted by Gasteiger charge is 2.19. The number of rotatable bonds is 5. The Morgan fingerprint density at radius 2 is 1.73 bits per heavy atom. The summed E-state index contributed by atoms with van der Waals surface area (Å²) >= 11 is 0. The summed E-state index contributed by atoms with van der Waals surface area (Å²) in [5.74, 6) is -0.571. The van der Waals surface area contributed by atoms with Crippen molar-refractivity contribution in [2.45, 2.75) is 25.3 Å². The molecule has 0 bridgehead atoms. The van der Waals surface area contributed by atoms with Gasteiger partial charge in [-0.3, -0.25) is 4.72 Å². The number of hydrogen-bond donors (Lipinski definition) is 1. The van der Waals surface area contributed by atoms with Gasteiger partial charge in [-0.05, 0) is 55.8 Å². The number of aryl methyl sites for hydroxylation is 2. The van der Waals surface area contributed by atoms with Gasteiger partial charge in [-0.25, -0.2) is 13.2 Å². The van der Waals surface area contributed by atoms with Gasteiger partial charge in [0, 0.05) is 34.0 Å². The van der Waals surface area contributed by atoms with Crippen molar-refractivity contribution in [1.29, 1.82) is 0 Å². The van der Waals surface area contributed by atoms with E-state index in [1.807, 2.05) is 30.3 Å². The summed E-state index contributed by atoms with van der Waals surface area (Å²) in [4.78, 5) is 11.9. The molecule has 0 radical (unpaired) electrons. The molecule has 4 rings (SSSR count). The van der Waals surface area contributed by atoms with E-state index in [0.717, 1.165) is 28.4 Å². The van der Waals surface area contributed by atoms with E-state index < -0.39 is 16.0 Å². The van der Waals surface area contributed by atoms with Crippen LogP contribution in [0.1, 0.15) is 22.8 Å². The Bertz CT molecular complexity index is 1390. The maximum atomic E-state index is 13.0. The lowest BCUT2D eigenvalue weighted by Gasteiger charge is -2.11. The molecule has 0 aliphatic heterocycles. The van der Waals surface area contributed by atoms with Crippen LogP contribution in [0.5, 0.6) is 0 Å². The topological polar surface area (TPSA) is 77.4 Å². The molecule has 7 heteroatoms. The largest absolute Gasteiger partial charge is 0.465 e. The van der Waals surface area contributed by atoms with Crippen molar-refractivity contribution in [1.82, 2.24) is 4.57 Å². The van der Waals surface area contributed by atoms with Gasteiger partial charge in [0.05, 0.1) is 17.6 Å². The molecule has 1 heterocycles. The highest BCUT2D eigenvalue weighted by atomic mass is 32.2. The summed E-state index contributed by atoms with van der Waals surface area (Å²) < 4.78 is 35.5. The van der Waals surface area contributed by atoms with Crippen LogP contribution in [0.15, 0.2) is 65.6 Å². The van der Waals surface area contributed by atoms with Crippen molar-refractivity contribution >= 4 is 43.5 Å². The summed E-state index contributed by atoms with van der Waals surface area (Å²) in [5, 5.41) is 2.05. The number of ether oxygens (including phenoxy) is 1. The molecule has 0 unspecified atom stereocenters. The van der Waals surface area contributed by atoms with Crippen LogP contribution in [0.2, 0.25) is 0 Å². The number of carbonyl (C=O) groups is 1. The summed E-state index contributed by atoms with van der Waals surface area (Å²) in [6.07, 6.45) is 0. The summed E-state index contributed by atoms with van der Waals surface area (Å²) in [5.41, 5.74) is 3.49. The Kier molecular flexibility index (Phi) is 4.99. The molecule has 154 valence electrons. The number of nitrogens with one attached hydrogen (secondary N) is 1. The zero-order valence-corrected chi connectivity index (χ0v) is 17.8. The quantitative estimate of drug-likeness (QED) is 0.473. The van der Waals surface area contributed by atoms with Crippen LogP contribution in [0.4, 0.5) is 5.69 Å². The first-order chi connectivity index (χ1) is 14.4. The SMILES string of the molecule is CCn1c2ccccc2c2cc(NS(=O)(=O)c3ccc(C)c(C(=O)OC)c3)ccc21. The van der Waals surface area contributed by atoms with Crippen molar-refractivity contribution in [2.24, 2.45) is 0 Å². The number of para-hydroxylation sites is 1. The molecule has 0 atom stereocenters. The zero-order valence-electron chi connectivity index (χ0n) is 17.0. The molecule has 0 aliphatic carbocycles. The molecule has 0 spiro atoms. The molecular weight excluding hydrogens is 400 g/mol. The lowest BCUT2D eigenvalue weighted by molar-refractivity contribution is 0.0599. The first-order valence-corrected chi connectivity index (χ1v) is 11.1. The van der Waals surface area contributed by atoms with Crippen LogP contribution < -0.4 is 4.72 Å². The van der Waals surface area contributed by atoms with Gasteiger partial charge in [-0.2, -0.15) is 0 Å². The minimum absolute atomic E-state index is 0.00424. The fraction of sp³-hybridized carbons (Fsp3) is 0.174. The van der Waals surface area contributed by atoms with Crippen LogP contribution >= 0.6 is 0 Å². The highest BCUT2D eigenvalue weighted by Crippen LogP contribution is 2.31. The molecule has 3 aromatic carbocycles. The average molecular weight is 423 g/mol. The minimum atomic E-state index is -3.88. The monoisotopic (exact) mass is 422 g/mol. The molecule has 0 saturated heterocycles. The fourth-order valence-electron chi connectivity index (χ4n) is 3.77. The van der Waals surface area contributed by atoms with Crippen molar-refractivity contribution in [3.05, 3.63) is 71.8 Å². The van der Waals surface area contributed by atoms with Crippen LogP contribution in [0.25, 0.3) is 21.8 Å². The second kappa shape index (κ2) is 7.50. The van der Waals surface area contributed by atoms with Crippen LogP contribution in [-0.2, 0) is 21.3 Å². The highest BCUT2D eigenvalue weighted by molar-refractivity contribution is 7.92. The third-order valence-corrected chi connectivity index (χ3v) is 6.64. The van der Waals surface area contributed by atoms with Crippen LogP contribution in [0, 0.1) is 6.92 Å². The van der Waals surface area contributed by atoms with E-state index in [0.29, 0.717) is 11.3 Å². The van der Waals surface area contributed by atoms with Crippen molar-refractivity contribution in [2.75, 3.05) is 11.8 Å². The van der Waals surface area contributed by atoms with Gasteiger partial charge in [0.1, 0.15) is 0 Å². The Balaban J connectivity index is 1.77. The number of nitrogens with zero attached hydrogens (tertiary/aromatic N) is 1. The Morgan fingerprint density at radius 3 is 2.47 bits per heavy atom. The third-order valence-electron chi connectivity index (χ3n) is 5.27. The molecule has 0 saturated carbocycles. The molecular formula is C23H22N2O4S. The van der Waals surface area contributed by atoms with Crippen molar-refractivity contribution < 1.29 is 17.9 Å². The van der Waals surface area contributed by atoms with Gasteiger partial charge in [0.25, 0.3) is 10.0 Å². The third kappa shape index (κ3) is 3.31. The number of hydrogen-bond acceptors (Lipinski definition) is 4. The Hall–Kier alpha value is -3.32. The Morgan fingerprint density at radius 1 is 1.00 bits per heavy atom. The van der Waals surface area contributed by atoms with E-state index in [2.05, 4.69) is 22.3 Å². The van der Waals surface area contributed by atoms with E-state index in [1.54, 1.807) is 19.1 Å². The lowest BCUT2D eigenvalue weighted by atomic mass is 10.1. The van der Waals surface area contributed by atoms with Gasteiger partial charge in [-0.15, -0.1) is 0 Å². The van der Waals surface area contributed by atoms with E-state index in [1.165, 1.54) is 19.2 Å². The first-order valence-electron chi connectivity index (χ1n) is 9.58. The Labute approximate surface area is 175 Å². The van der Waals surface area contributed by atoms with E-state index in [-0.39, 0.29) is 10.5 Å². The molecule has 1 aromatic heterocycles. The predicted octanol–water partition coefficient (Wildman–Crippen LogP) is 4.71. The molecule has 30 heavy (non-hydrogen) atoms. The van der Waals surface area contributed by atoms with Crippen molar-refractivity contribution in [3.8, 4) is 0 Å². The zero-order chi connectivity index (χ0) is 21.5. The van der Waals surface area contributed by atoms with Gasteiger partial charge >= 0.3 is 5.97 Å². The number of esters is 1. The smallest absolute Gasteiger partial charge is 0.338 e. The number of anilines is 1. The van der Waals surface area contributed by atoms with Crippen molar-refractivity contribution in [3.63, 3.8) is 0 Å².